The van der Waals surface area contributed by atoms with Gasteiger partial charge in [0.2, 0.25) is 0 Å². The Morgan fingerprint density at radius 2 is 1.62 bits per heavy atom. The number of anilines is 1. The van der Waals surface area contributed by atoms with Crippen LogP contribution >= 0.6 is 0 Å². The number of para-hydroxylation sites is 1. The third kappa shape index (κ3) is 5.66. The van der Waals surface area contributed by atoms with Crippen molar-refractivity contribution >= 4 is 17.5 Å². The number of rotatable bonds is 8. The van der Waals surface area contributed by atoms with Gasteiger partial charge in [-0.1, -0.05) is 55.5 Å². The van der Waals surface area contributed by atoms with Crippen molar-refractivity contribution in [3.05, 3.63) is 95.1 Å². The van der Waals surface area contributed by atoms with E-state index in [1.54, 1.807) is 24.3 Å². The van der Waals surface area contributed by atoms with Crippen LogP contribution in [0.15, 0.2) is 72.8 Å². The molecule has 3 aromatic carbocycles. The Labute approximate surface area is 201 Å². The quantitative estimate of drug-likeness (QED) is 0.447. The summed E-state index contributed by atoms with van der Waals surface area (Å²) in [5.74, 6) is 0.206. The summed E-state index contributed by atoms with van der Waals surface area (Å²) in [4.78, 5) is 26.1. The molecule has 2 atom stereocenters. The first-order valence-electron chi connectivity index (χ1n) is 12.1. The molecule has 0 saturated heterocycles. The number of hydrogen-bond donors (Lipinski definition) is 2. The van der Waals surface area contributed by atoms with Crippen LogP contribution in [0.3, 0.4) is 0 Å². The topological polar surface area (TPSA) is 67.4 Å². The number of aryl methyl sites for hydroxylation is 2. The van der Waals surface area contributed by atoms with Crippen molar-refractivity contribution in [2.45, 2.75) is 58.1 Å². The van der Waals surface area contributed by atoms with Gasteiger partial charge in [0.25, 0.3) is 11.8 Å². The van der Waals surface area contributed by atoms with E-state index in [1.165, 1.54) is 24.0 Å². The molecule has 5 heteroatoms. The average Bonchev–Trinajstić information content (AvgIpc) is 2.87. The van der Waals surface area contributed by atoms with Crippen LogP contribution in [0.5, 0.6) is 5.75 Å². The Kier molecular flexibility index (Phi) is 7.63. The number of nitrogens with one attached hydrogen (secondary N) is 2. The molecule has 0 fully saturated rings. The molecule has 0 radical (unpaired) electrons. The molecule has 0 bridgehead atoms. The zero-order valence-corrected chi connectivity index (χ0v) is 19.8. The van der Waals surface area contributed by atoms with Gasteiger partial charge in [-0.25, -0.2) is 0 Å². The summed E-state index contributed by atoms with van der Waals surface area (Å²) in [5.41, 5.74) is 4.59. The first-order chi connectivity index (χ1) is 16.5. The fourth-order valence-corrected chi connectivity index (χ4v) is 4.37. The molecule has 2 amide bonds. The van der Waals surface area contributed by atoms with Crippen molar-refractivity contribution in [2.75, 3.05) is 5.32 Å². The zero-order valence-electron chi connectivity index (χ0n) is 19.8. The number of benzene rings is 3. The van der Waals surface area contributed by atoms with Crippen LogP contribution in [-0.4, -0.2) is 17.9 Å². The molecule has 0 saturated carbocycles. The van der Waals surface area contributed by atoms with Crippen molar-refractivity contribution in [3.8, 4) is 5.75 Å². The summed E-state index contributed by atoms with van der Waals surface area (Å²) < 4.78 is 6.07. The summed E-state index contributed by atoms with van der Waals surface area (Å²) in [5, 5.41) is 5.93. The van der Waals surface area contributed by atoms with Crippen molar-refractivity contribution in [1.82, 2.24) is 5.32 Å². The number of ether oxygens (including phenoxy) is 1. The van der Waals surface area contributed by atoms with Gasteiger partial charge in [0, 0.05) is 0 Å². The highest BCUT2D eigenvalue weighted by molar-refractivity contribution is 6.04. The Morgan fingerprint density at radius 3 is 2.38 bits per heavy atom. The number of hydrogen-bond acceptors (Lipinski definition) is 3. The summed E-state index contributed by atoms with van der Waals surface area (Å²) in [6.07, 6.45) is 4.44. The molecule has 3 aromatic rings. The van der Waals surface area contributed by atoms with E-state index in [-0.39, 0.29) is 17.9 Å². The second-order valence-corrected chi connectivity index (χ2v) is 8.79. The Hall–Kier alpha value is -3.60. The molecule has 176 valence electrons. The second kappa shape index (κ2) is 11.0. The van der Waals surface area contributed by atoms with Gasteiger partial charge in [-0.3, -0.25) is 9.59 Å². The maximum atomic E-state index is 13.1. The van der Waals surface area contributed by atoms with Crippen LogP contribution in [-0.2, 0) is 17.6 Å². The normalized spacial score (nSPS) is 14.4. The second-order valence-electron chi connectivity index (χ2n) is 8.79. The molecule has 5 nitrogen and oxygen atoms in total. The van der Waals surface area contributed by atoms with E-state index in [0.29, 0.717) is 23.4 Å². The van der Waals surface area contributed by atoms with Gasteiger partial charge in [-0.15, -0.1) is 0 Å². The van der Waals surface area contributed by atoms with Crippen molar-refractivity contribution in [3.63, 3.8) is 0 Å². The lowest BCUT2D eigenvalue weighted by Gasteiger charge is -2.21. The zero-order chi connectivity index (χ0) is 23.9. The van der Waals surface area contributed by atoms with Gasteiger partial charge in [0.05, 0.1) is 17.3 Å². The highest BCUT2D eigenvalue weighted by Crippen LogP contribution is 2.26. The van der Waals surface area contributed by atoms with Crippen LogP contribution in [0.2, 0.25) is 0 Å². The number of carbonyl (C=O) groups excluding carboxylic acids is 2. The summed E-state index contributed by atoms with van der Waals surface area (Å²) in [6, 6.07) is 22.8. The molecule has 34 heavy (non-hydrogen) atoms. The van der Waals surface area contributed by atoms with Crippen LogP contribution < -0.4 is 15.4 Å². The summed E-state index contributed by atoms with van der Waals surface area (Å²) >= 11 is 0. The monoisotopic (exact) mass is 456 g/mol. The largest absolute Gasteiger partial charge is 0.481 e. The number of amides is 2. The van der Waals surface area contributed by atoms with E-state index in [9.17, 15) is 9.59 Å². The molecular weight excluding hydrogens is 424 g/mol. The molecule has 4 rings (SSSR count). The highest BCUT2D eigenvalue weighted by atomic mass is 16.5. The third-order valence-corrected chi connectivity index (χ3v) is 6.34. The van der Waals surface area contributed by atoms with Crippen molar-refractivity contribution < 1.29 is 14.3 Å². The molecule has 2 unspecified atom stereocenters. The lowest BCUT2D eigenvalue weighted by molar-refractivity contribution is -0.122. The van der Waals surface area contributed by atoms with Gasteiger partial charge in [-0.2, -0.15) is 0 Å². The summed E-state index contributed by atoms with van der Waals surface area (Å²) in [6.45, 7) is 3.86. The number of fused-ring (bicyclic) bond motifs is 1. The van der Waals surface area contributed by atoms with Gasteiger partial charge in [0.15, 0.2) is 6.10 Å². The van der Waals surface area contributed by atoms with E-state index in [2.05, 4.69) is 22.8 Å². The fraction of sp³-hybridized carbons (Fsp3) is 0.310. The van der Waals surface area contributed by atoms with Gasteiger partial charge >= 0.3 is 0 Å². The molecule has 0 aliphatic heterocycles. The van der Waals surface area contributed by atoms with E-state index in [4.69, 9.17) is 4.74 Å². The molecule has 0 aromatic heterocycles. The standard InChI is InChI=1S/C29H32N2O3/c1-3-27(34-24-18-17-22-13-7-8-14-23(22)19-24)29(33)31-26-16-10-9-15-25(26)28(32)30-20(2)21-11-5-4-6-12-21/h4-6,9-12,15-20,27H,3,7-8,13-14H2,1-2H3,(H,30,32)(H,31,33). The van der Waals surface area contributed by atoms with Gasteiger partial charge < -0.3 is 15.4 Å². The average molecular weight is 457 g/mol. The Balaban J connectivity index is 1.44. The van der Waals surface area contributed by atoms with E-state index >= 15 is 0 Å². The first kappa shape index (κ1) is 23.6. The van der Waals surface area contributed by atoms with Crippen LogP contribution in [0, 0.1) is 0 Å². The molecule has 2 N–H and O–H groups in total. The maximum Gasteiger partial charge on any atom is 0.265 e. The van der Waals surface area contributed by atoms with Gasteiger partial charge in [-0.05, 0) is 80.0 Å². The summed E-state index contributed by atoms with van der Waals surface area (Å²) in [7, 11) is 0. The minimum absolute atomic E-state index is 0.159. The molecular formula is C29H32N2O3. The maximum absolute atomic E-state index is 13.1. The lowest BCUT2D eigenvalue weighted by Crippen LogP contribution is -2.34. The van der Waals surface area contributed by atoms with E-state index < -0.39 is 6.10 Å². The first-order valence-corrected chi connectivity index (χ1v) is 12.1. The van der Waals surface area contributed by atoms with E-state index in [1.807, 2.05) is 50.2 Å². The molecule has 1 aliphatic rings. The van der Waals surface area contributed by atoms with Crippen molar-refractivity contribution in [1.29, 1.82) is 0 Å². The number of carbonyl (C=O) groups is 2. The predicted octanol–water partition coefficient (Wildman–Crippen LogP) is 5.85. The Morgan fingerprint density at radius 1 is 0.912 bits per heavy atom. The van der Waals surface area contributed by atoms with Crippen LogP contribution in [0.25, 0.3) is 0 Å². The minimum atomic E-state index is -0.652. The predicted molar refractivity (Wildman–Crippen MR) is 135 cm³/mol. The minimum Gasteiger partial charge on any atom is -0.481 e. The van der Waals surface area contributed by atoms with Crippen molar-refractivity contribution in [2.24, 2.45) is 0 Å². The van der Waals surface area contributed by atoms with Crippen LogP contribution in [0.4, 0.5) is 5.69 Å². The van der Waals surface area contributed by atoms with Gasteiger partial charge in [0.1, 0.15) is 5.75 Å². The molecule has 1 aliphatic carbocycles. The van der Waals surface area contributed by atoms with Crippen LogP contribution in [0.1, 0.15) is 66.2 Å². The lowest BCUT2D eigenvalue weighted by atomic mass is 9.92. The molecule has 0 spiro atoms. The highest BCUT2D eigenvalue weighted by Gasteiger charge is 2.22. The SMILES string of the molecule is CCC(Oc1ccc2c(c1)CCCC2)C(=O)Nc1ccccc1C(=O)NC(C)c1ccccc1. The smallest absolute Gasteiger partial charge is 0.265 e. The molecule has 0 heterocycles. The third-order valence-electron chi connectivity index (χ3n) is 6.34. The Bertz CT molecular complexity index is 1140. The fourth-order valence-electron chi connectivity index (χ4n) is 4.37. The van der Waals surface area contributed by atoms with E-state index in [0.717, 1.165) is 18.4 Å².